The van der Waals surface area contributed by atoms with Crippen LogP contribution < -0.4 is 9.47 Å². The highest BCUT2D eigenvalue weighted by Gasteiger charge is 2.34. The van der Waals surface area contributed by atoms with Crippen molar-refractivity contribution in [2.75, 3.05) is 33.0 Å². The standard InChI is InChI=1S/C46H53NO9/c1-3-51-43(49)22-9-5-7-15-37-33-55-46(56-45(37)41-20-11-12-21-42(41)48)35-16-13-18-39(31-35)54-30-29-53-38-26-24-34(25-27-38)40(36-17-14-28-47-32-36)19-8-6-10-23-44(50)52-4-2/h5,7,11-14,16-21,24-28,31-32,37,45-46,48H,3-4,6,8-10,15,22-23,29-30,33H2,1-2H3/b7-5-,40-19+/t37-,45+,46+/m1/s1. The first-order chi connectivity index (χ1) is 27.4. The molecule has 3 aromatic carbocycles. The van der Waals surface area contributed by atoms with E-state index in [-0.39, 0.29) is 23.6 Å². The highest BCUT2D eigenvalue weighted by atomic mass is 16.7. The Labute approximate surface area is 330 Å². The summed E-state index contributed by atoms with van der Waals surface area (Å²) in [5.74, 6) is 1.16. The molecule has 0 amide bonds. The van der Waals surface area contributed by atoms with Gasteiger partial charge in [0.2, 0.25) is 0 Å². The summed E-state index contributed by atoms with van der Waals surface area (Å²) in [6, 6.07) is 26.8. The van der Waals surface area contributed by atoms with Gasteiger partial charge in [0.25, 0.3) is 0 Å². The van der Waals surface area contributed by atoms with Crippen LogP contribution in [0.5, 0.6) is 17.2 Å². The Kier molecular flexibility index (Phi) is 17.0. The molecule has 0 saturated carbocycles. The molecule has 3 atom stereocenters. The zero-order valence-corrected chi connectivity index (χ0v) is 32.3. The summed E-state index contributed by atoms with van der Waals surface area (Å²) in [5.41, 5.74) is 4.66. The Morgan fingerprint density at radius 3 is 2.32 bits per heavy atom. The van der Waals surface area contributed by atoms with Gasteiger partial charge in [-0.3, -0.25) is 14.6 Å². The first-order valence-corrected chi connectivity index (χ1v) is 19.5. The summed E-state index contributed by atoms with van der Waals surface area (Å²) in [6.07, 6.45) is 13.3. The largest absolute Gasteiger partial charge is 0.508 e. The smallest absolute Gasteiger partial charge is 0.306 e. The molecule has 0 spiro atoms. The van der Waals surface area contributed by atoms with Gasteiger partial charge in [0.1, 0.15) is 30.5 Å². The number of hydrogen-bond donors (Lipinski definition) is 1. The summed E-state index contributed by atoms with van der Waals surface area (Å²) in [6.45, 7) is 5.49. The van der Waals surface area contributed by atoms with E-state index >= 15 is 0 Å². The molecule has 0 aliphatic carbocycles. The molecule has 1 aliphatic rings. The predicted octanol–water partition coefficient (Wildman–Crippen LogP) is 9.49. The lowest BCUT2D eigenvalue weighted by molar-refractivity contribution is -0.244. The Bertz CT molecular complexity index is 1860. The second-order valence-corrected chi connectivity index (χ2v) is 13.3. The maximum Gasteiger partial charge on any atom is 0.306 e. The van der Waals surface area contributed by atoms with E-state index in [2.05, 4.69) is 11.1 Å². The van der Waals surface area contributed by atoms with Crippen LogP contribution in [0.1, 0.15) is 93.4 Å². The summed E-state index contributed by atoms with van der Waals surface area (Å²) in [7, 11) is 0. The van der Waals surface area contributed by atoms with Gasteiger partial charge >= 0.3 is 11.9 Å². The van der Waals surface area contributed by atoms with E-state index in [1.165, 1.54) is 0 Å². The Morgan fingerprint density at radius 1 is 0.804 bits per heavy atom. The highest BCUT2D eigenvalue weighted by Crippen LogP contribution is 2.43. The molecule has 5 rings (SSSR count). The number of phenols is 1. The zero-order valence-electron chi connectivity index (χ0n) is 32.3. The van der Waals surface area contributed by atoms with Crippen LogP contribution in [0, 0.1) is 5.92 Å². The maximum absolute atomic E-state index is 11.7. The Balaban J connectivity index is 1.13. The fourth-order valence-electron chi connectivity index (χ4n) is 6.45. The molecule has 56 heavy (non-hydrogen) atoms. The van der Waals surface area contributed by atoms with Gasteiger partial charge in [-0.1, -0.05) is 66.8 Å². The quantitative estimate of drug-likeness (QED) is 0.0499. The third-order valence-electron chi connectivity index (χ3n) is 9.21. The maximum atomic E-state index is 11.7. The zero-order chi connectivity index (χ0) is 39.4. The van der Waals surface area contributed by atoms with Crippen molar-refractivity contribution < 1.29 is 43.1 Å². The number of rotatable bonds is 21. The van der Waals surface area contributed by atoms with Crippen molar-refractivity contribution in [1.82, 2.24) is 4.98 Å². The summed E-state index contributed by atoms with van der Waals surface area (Å²) in [4.78, 5) is 27.7. The van der Waals surface area contributed by atoms with E-state index in [1.807, 2.05) is 98.1 Å². The van der Waals surface area contributed by atoms with Crippen LogP contribution in [-0.2, 0) is 28.5 Å². The molecule has 2 heterocycles. The minimum atomic E-state index is -0.655. The van der Waals surface area contributed by atoms with Crippen molar-refractivity contribution in [2.45, 2.75) is 71.2 Å². The number of carbonyl (C=O) groups is 2. The van der Waals surface area contributed by atoms with Gasteiger partial charge in [0, 0.05) is 47.8 Å². The van der Waals surface area contributed by atoms with Crippen molar-refractivity contribution in [2.24, 2.45) is 5.92 Å². The van der Waals surface area contributed by atoms with E-state index in [9.17, 15) is 14.7 Å². The second kappa shape index (κ2) is 22.8. The molecule has 1 N–H and O–H groups in total. The molecule has 10 nitrogen and oxygen atoms in total. The lowest BCUT2D eigenvalue weighted by atomic mass is 9.91. The van der Waals surface area contributed by atoms with E-state index in [1.54, 1.807) is 25.3 Å². The molecule has 1 fully saturated rings. The Morgan fingerprint density at radius 2 is 1.57 bits per heavy atom. The van der Waals surface area contributed by atoms with E-state index in [0.717, 1.165) is 47.3 Å². The van der Waals surface area contributed by atoms with Crippen molar-refractivity contribution in [3.8, 4) is 17.2 Å². The molecule has 1 aliphatic heterocycles. The molecule has 0 unspecified atom stereocenters. The molecule has 0 radical (unpaired) electrons. The number of nitrogens with zero attached hydrogens (tertiary/aromatic N) is 1. The monoisotopic (exact) mass is 763 g/mol. The fourth-order valence-corrected chi connectivity index (χ4v) is 6.45. The number of ether oxygens (including phenoxy) is 6. The van der Waals surface area contributed by atoms with Gasteiger partial charge in [-0.05, 0) is 93.5 Å². The Hall–Kier alpha value is -5.45. The predicted molar refractivity (Wildman–Crippen MR) is 214 cm³/mol. The molecule has 296 valence electrons. The van der Waals surface area contributed by atoms with Crippen LogP contribution in [0.4, 0.5) is 0 Å². The number of esters is 2. The number of para-hydroxylation sites is 1. The summed E-state index contributed by atoms with van der Waals surface area (Å²) in [5, 5.41) is 10.7. The van der Waals surface area contributed by atoms with Gasteiger partial charge < -0.3 is 33.5 Å². The van der Waals surface area contributed by atoms with Crippen LogP contribution >= 0.6 is 0 Å². The SMILES string of the molecule is CCOC(=O)CC/C=C\C[C@@H]1CO[C@H](c2cccc(OCCOc3ccc(/C(=C\CCCCC(=O)OCC)c4cccnc4)cc3)c2)O[C@@H]1c1ccccc1O. The molecule has 1 saturated heterocycles. The van der Waals surface area contributed by atoms with E-state index < -0.39 is 12.4 Å². The van der Waals surface area contributed by atoms with Gasteiger partial charge in [0.05, 0.1) is 25.9 Å². The molecule has 1 aromatic heterocycles. The number of benzene rings is 3. The number of allylic oxidation sites excluding steroid dienone is 3. The van der Waals surface area contributed by atoms with E-state index in [0.29, 0.717) is 70.0 Å². The highest BCUT2D eigenvalue weighted by molar-refractivity contribution is 5.79. The van der Waals surface area contributed by atoms with Crippen molar-refractivity contribution in [3.63, 3.8) is 0 Å². The molecular formula is C46H53NO9. The number of unbranched alkanes of at least 4 members (excludes halogenated alkanes) is 2. The van der Waals surface area contributed by atoms with Crippen LogP contribution in [0.25, 0.3) is 5.57 Å². The van der Waals surface area contributed by atoms with E-state index in [4.69, 9.17) is 28.4 Å². The molecular weight excluding hydrogens is 711 g/mol. The average molecular weight is 764 g/mol. The topological polar surface area (TPSA) is 123 Å². The number of carbonyl (C=O) groups excluding carboxylic acids is 2. The van der Waals surface area contributed by atoms with Gasteiger partial charge in [-0.2, -0.15) is 0 Å². The minimum absolute atomic E-state index is 0.0453. The van der Waals surface area contributed by atoms with Crippen LogP contribution in [0.3, 0.4) is 0 Å². The van der Waals surface area contributed by atoms with Crippen molar-refractivity contribution in [1.29, 1.82) is 0 Å². The number of hydrogen-bond acceptors (Lipinski definition) is 10. The lowest BCUT2D eigenvalue weighted by Gasteiger charge is -2.37. The van der Waals surface area contributed by atoms with Crippen LogP contribution in [0.15, 0.2) is 116 Å². The normalized spacial score (nSPS) is 17.0. The first kappa shape index (κ1) is 41.7. The van der Waals surface area contributed by atoms with Gasteiger partial charge in [-0.15, -0.1) is 0 Å². The van der Waals surface area contributed by atoms with Gasteiger partial charge in [0.15, 0.2) is 6.29 Å². The average Bonchev–Trinajstić information content (AvgIpc) is 3.22. The molecule has 10 heteroatoms. The fraction of sp³-hybridized carbons (Fsp3) is 0.370. The second-order valence-electron chi connectivity index (χ2n) is 13.3. The third kappa shape index (κ3) is 13.1. The number of pyridine rings is 1. The summed E-state index contributed by atoms with van der Waals surface area (Å²) >= 11 is 0. The van der Waals surface area contributed by atoms with Gasteiger partial charge in [-0.25, -0.2) is 0 Å². The molecule has 0 bridgehead atoms. The first-order valence-electron chi connectivity index (χ1n) is 19.5. The number of aromatic nitrogens is 1. The van der Waals surface area contributed by atoms with Crippen molar-refractivity contribution >= 4 is 17.5 Å². The van der Waals surface area contributed by atoms with Crippen LogP contribution in [-0.4, -0.2) is 55.1 Å². The summed E-state index contributed by atoms with van der Waals surface area (Å²) < 4.78 is 34.9. The number of aromatic hydroxyl groups is 1. The molecule has 4 aromatic rings. The minimum Gasteiger partial charge on any atom is -0.508 e. The van der Waals surface area contributed by atoms with Crippen molar-refractivity contribution in [3.05, 3.63) is 138 Å². The third-order valence-corrected chi connectivity index (χ3v) is 9.21. The van der Waals surface area contributed by atoms with Crippen LogP contribution in [0.2, 0.25) is 0 Å². The number of phenolic OH excluding ortho intramolecular Hbond substituents is 1. The lowest BCUT2D eigenvalue weighted by Crippen LogP contribution is -2.30.